The van der Waals surface area contributed by atoms with Crippen LogP contribution in [0.15, 0.2) is 0 Å². The first-order valence-electron chi connectivity index (χ1n) is 6.21. The molecule has 17 heavy (non-hydrogen) atoms. The lowest BCUT2D eigenvalue weighted by Gasteiger charge is -2.06. The summed E-state index contributed by atoms with van der Waals surface area (Å²) < 4.78 is 10.5. The fourth-order valence-corrected chi connectivity index (χ4v) is 1.21. The van der Waals surface area contributed by atoms with Crippen molar-refractivity contribution in [2.75, 3.05) is 26.4 Å². The van der Waals surface area contributed by atoms with Crippen molar-refractivity contribution in [3.05, 3.63) is 0 Å². The van der Waals surface area contributed by atoms with Gasteiger partial charge in [0.25, 0.3) is 0 Å². The Kier molecular flexibility index (Phi) is 9.96. The van der Waals surface area contributed by atoms with E-state index in [2.05, 4.69) is 0 Å². The van der Waals surface area contributed by atoms with Crippen molar-refractivity contribution in [1.82, 2.24) is 0 Å². The van der Waals surface area contributed by atoms with E-state index < -0.39 is 0 Å². The Balaban J connectivity index is 3.14. The predicted octanol–water partition coefficient (Wildman–Crippen LogP) is 2.00. The molecule has 0 heterocycles. The van der Waals surface area contributed by atoms with Crippen LogP contribution in [0.25, 0.3) is 0 Å². The van der Waals surface area contributed by atoms with Gasteiger partial charge in [0.05, 0.1) is 19.8 Å². The summed E-state index contributed by atoms with van der Waals surface area (Å²) in [6, 6.07) is 0. The molecule has 0 aromatic rings. The summed E-state index contributed by atoms with van der Waals surface area (Å²) in [5.74, 6) is 0.505. The molecule has 0 saturated carbocycles. The summed E-state index contributed by atoms with van der Waals surface area (Å²) in [5.41, 5.74) is 0. The monoisotopic (exact) mass is 244 g/mol. The van der Waals surface area contributed by atoms with Gasteiger partial charge >= 0.3 is 0 Å². The highest BCUT2D eigenvalue weighted by atomic mass is 16.5. The zero-order chi connectivity index (χ0) is 13.1. The second-order valence-corrected chi connectivity index (χ2v) is 4.40. The van der Waals surface area contributed by atoms with Crippen LogP contribution in [0.5, 0.6) is 0 Å². The first-order valence-corrected chi connectivity index (χ1v) is 6.21. The molecule has 0 spiro atoms. The summed E-state index contributed by atoms with van der Waals surface area (Å²) in [6.07, 6.45) is 1.81. The third-order valence-electron chi connectivity index (χ3n) is 2.33. The molecule has 0 aromatic heterocycles. The van der Waals surface area contributed by atoms with Crippen LogP contribution in [-0.2, 0) is 19.1 Å². The maximum absolute atomic E-state index is 11.2. The van der Waals surface area contributed by atoms with Crippen LogP contribution in [-0.4, -0.2) is 38.0 Å². The fraction of sp³-hybridized carbons (Fsp3) is 0.846. The van der Waals surface area contributed by atoms with E-state index in [9.17, 15) is 9.59 Å². The lowest BCUT2D eigenvalue weighted by atomic mass is 10.1. The lowest BCUT2D eigenvalue weighted by molar-refractivity contribution is -0.123. The van der Waals surface area contributed by atoms with Gasteiger partial charge in [0, 0.05) is 25.4 Å². The predicted molar refractivity (Wildman–Crippen MR) is 66.0 cm³/mol. The molecular formula is C13H24O4. The molecule has 0 aliphatic rings. The molecule has 0 aliphatic carbocycles. The maximum atomic E-state index is 11.2. The van der Waals surface area contributed by atoms with Gasteiger partial charge in [0.2, 0.25) is 0 Å². The highest BCUT2D eigenvalue weighted by molar-refractivity contribution is 5.80. The standard InChI is InChI=1S/C13H24O4/c1-11(2)13(15)6-8-17-10-9-16-7-4-5-12(3)14/h11H,4-10H2,1-3H3. The topological polar surface area (TPSA) is 52.6 Å². The van der Waals surface area contributed by atoms with Crippen LogP contribution in [0.2, 0.25) is 0 Å². The zero-order valence-corrected chi connectivity index (χ0v) is 11.2. The molecule has 0 fully saturated rings. The molecule has 100 valence electrons. The summed E-state index contributed by atoms with van der Waals surface area (Å²) in [5, 5.41) is 0. The van der Waals surface area contributed by atoms with E-state index in [0.29, 0.717) is 39.3 Å². The molecule has 0 saturated heterocycles. The van der Waals surface area contributed by atoms with E-state index in [4.69, 9.17) is 9.47 Å². The Bertz CT molecular complexity index is 223. The Morgan fingerprint density at radius 3 is 2.06 bits per heavy atom. The summed E-state index contributed by atoms with van der Waals surface area (Å²) in [4.78, 5) is 21.9. The highest BCUT2D eigenvalue weighted by Crippen LogP contribution is 1.98. The van der Waals surface area contributed by atoms with E-state index in [1.165, 1.54) is 0 Å². The van der Waals surface area contributed by atoms with Crippen LogP contribution < -0.4 is 0 Å². The van der Waals surface area contributed by atoms with E-state index in [1.807, 2.05) is 13.8 Å². The van der Waals surface area contributed by atoms with E-state index in [-0.39, 0.29) is 17.5 Å². The van der Waals surface area contributed by atoms with Gasteiger partial charge in [0.15, 0.2) is 0 Å². The molecule has 0 N–H and O–H groups in total. The normalized spacial score (nSPS) is 10.8. The molecule has 0 aromatic carbocycles. The second kappa shape index (κ2) is 10.4. The van der Waals surface area contributed by atoms with Gasteiger partial charge in [-0.05, 0) is 13.3 Å². The van der Waals surface area contributed by atoms with E-state index in [1.54, 1.807) is 6.92 Å². The molecular weight excluding hydrogens is 220 g/mol. The summed E-state index contributed by atoms with van der Waals surface area (Å²) in [6.45, 7) is 7.44. The molecule has 0 radical (unpaired) electrons. The molecule has 4 nitrogen and oxygen atoms in total. The number of ketones is 2. The van der Waals surface area contributed by atoms with Crippen molar-refractivity contribution >= 4 is 11.6 Å². The average molecular weight is 244 g/mol. The van der Waals surface area contributed by atoms with Gasteiger partial charge in [0.1, 0.15) is 11.6 Å². The zero-order valence-electron chi connectivity index (χ0n) is 11.2. The number of carbonyl (C=O) groups excluding carboxylic acids is 2. The quantitative estimate of drug-likeness (QED) is 0.522. The highest BCUT2D eigenvalue weighted by Gasteiger charge is 2.05. The molecule has 0 atom stereocenters. The first-order chi connectivity index (χ1) is 8.04. The third kappa shape index (κ3) is 11.5. The van der Waals surface area contributed by atoms with Crippen LogP contribution >= 0.6 is 0 Å². The van der Waals surface area contributed by atoms with Gasteiger partial charge < -0.3 is 14.3 Å². The molecule has 0 rings (SSSR count). The van der Waals surface area contributed by atoms with E-state index >= 15 is 0 Å². The van der Waals surface area contributed by atoms with Gasteiger partial charge in [-0.25, -0.2) is 0 Å². The van der Waals surface area contributed by atoms with Crippen LogP contribution in [0.1, 0.15) is 40.0 Å². The minimum atomic E-state index is 0.0847. The van der Waals surface area contributed by atoms with Crippen molar-refractivity contribution in [1.29, 1.82) is 0 Å². The molecule has 0 unspecified atom stereocenters. The SMILES string of the molecule is CC(=O)CCCOCCOCCC(=O)C(C)C. The van der Waals surface area contributed by atoms with Crippen LogP contribution in [0.3, 0.4) is 0 Å². The largest absolute Gasteiger partial charge is 0.379 e. The smallest absolute Gasteiger partial charge is 0.137 e. The number of ether oxygens (including phenoxy) is 2. The summed E-state index contributed by atoms with van der Waals surface area (Å²) in [7, 11) is 0. The Labute approximate surface area is 104 Å². The number of rotatable bonds is 11. The van der Waals surface area contributed by atoms with Gasteiger partial charge in [-0.15, -0.1) is 0 Å². The summed E-state index contributed by atoms with van der Waals surface area (Å²) >= 11 is 0. The maximum Gasteiger partial charge on any atom is 0.137 e. The number of carbonyl (C=O) groups is 2. The minimum Gasteiger partial charge on any atom is -0.379 e. The molecule has 0 bridgehead atoms. The van der Waals surface area contributed by atoms with Crippen molar-refractivity contribution in [3.8, 4) is 0 Å². The number of hydrogen-bond acceptors (Lipinski definition) is 4. The van der Waals surface area contributed by atoms with Crippen LogP contribution in [0.4, 0.5) is 0 Å². The molecule has 0 amide bonds. The lowest BCUT2D eigenvalue weighted by Crippen LogP contribution is -2.12. The van der Waals surface area contributed by atoms with E-state index in [0.717, 1.165) is 6.42 Å². The molecule has 0 aliphatic heterocycles. The minimum absolute atomic E-state index is 0.0847. The number of hydrogen-bond donors (Lipinski definition) is 0. The molecule has 4 heteroatoms. The Morgan fingerprint density at radius 2 is 1.53 bits per heavy atom. The van der Waals surface area contributed by atoms with Crippen molar-refractivity contribution < 1.29 is 19.1 Å². The average Bonchev–Trinajstić information content (AvgIpc) is 2.25. The first kappa shape index (κ1) is 16.3. The van der Waals surface area contributed by atoms with Gasteiger partial charge in [-0.3, -0.25) is 4.79 Å². The Hall–Kier alpha value is -0.740. The Morgan fingerprint density at radius 1 is 0.941 bits per heavy atom. The van der Waals surface area contributed by atoms with Crippen molar-refractivity contribution in [3.63, 3.8) is 0 Å². The second-order valence-electron chi connectivity index (χ2n) is 4.40. The number of Topliss-reactive ketones (excluding diaryl/α,β-unsaturated/α-hetero) is 2. The third-order valence-corrected chi connectivity index (χ3v) is 2.33. The van der Waals surface area contributed by atoms with Crippen molar-refractivity contribution in [2.24, 2.45) is 5.92 Å². The van der Waals surface area contributed by atoms with Crippen molar-refractivity contribution in [2.45, 2.75) is 40.0 Å². The van der Waals surface area contributed by atoms with Gasteiger partial charge in [-0.2, -0.15) is 0 Å². The fourth-order valence-electron chi connectivity index (χ4n) is 1.21. The van der Waals surface area contributed by atoms with Crippen LogP contribution in [0, 0.1) is 5.92 Å². The van der Waals surface area contributed by atoms with Gasteiger partial charge in [-0.1, -0.05) is 13.8 Å².